The number of halogens is 2. The molecule has 0 aliphatic rings. The number of aryl methyl sites for hydroxylation is 1. The van der Waals surface area contributed by atoms with Gasteiger partial charge in [-0.05, 0) is 24.5 Å². The van der Waals surface area contributed by atoms with Crippen molar-refractivity contribution in [3.63, 3.8) is 0 Å². The number of hydrogen-bond donors (Lipinski definition) is 1. The second kappa shape index (κ2) is 5.78. The summed E-state index contributed by atoms with van der Waals surface area (Å²) in [5.41, 5.74) is 0.409. The Kier molecular flexibility index (Phi) is 4.65. The first-order valence-corrected chi connectivity index (χ1v) is 4.74. The summed E-state index contributed by atoms with van der Waals surface area (Å²) >= 11 is 0. The van der Waals surface area contributed by atoms with Crippen molar-refractivity contribution in [2.24, 2.45) is 0 Å². The predicted octanol–water partition coefficient (Wildman–Crippen LogP) is 1.90. The molecule has 0 amide bonds. The number of benzene rings is 1. The Morgan fingerprint density at radius 1 is 1.40 bits per heavy atom. The average Bonchev–Trinajstić information content (AvgIpc) is 2.17. The fraction of sp³-hybridized carbons (Fsp3) is 0.455. The Hall–Kier alpha value is -1.00. The molecule has 1 aromatic rings. The maximum Gasteiger partial charge on any atom is 0.129 e. The molecule has 15 heavy (non-hydrogen) atoms. The summed E-state index contributed by atoms with van der Waals surface area (Å²) in [7, 11) is 1.49. The highest BCUT2D eigenvalue weighted by atomic mass is 19.1. The molecule has 2 nitrogen and oxygen atoms in total. The molecule has 1 unspecified atom stereocenters. The molecule has 0 aliphatic heterocycles. The molecule has 0 spiro atoms. The molecule has 0 saturated carbocycles. The molecule has 0 bridgehead atoms. The van der Waals surface area contributed by atoms with E-state index in [4.69, 9.17) is 4.74 Å². The number of aliphatic hydroxyl groups is 1. The van der Waals surface area contributed by atoms with Gasteiger partial charge in [-0.3, -0.25) is 0 Å². The second-order valence-corrected chi connectivity index (χ2v) is 3.38. The van der Waals surface area contributed by atoms with Crippen LogP contribution in [0.5, 0.6) is 0 Å². The zero-order chi connectivity index (χ0) is 11.3. The van der Waals surface area contributed by atoms with Crippen molar-refractivity contribution < 1.29 is 18.6 Å². The van der Waals surface area contributed by atoms with E-state index in [2.05, 4.69) is 0 Å². The van der Waals surface area contributed by atoms with Crippen molar-refractivity contribution >= 4 is 0 Å². The van der Waals surface area contributed by atoms with Gasteiger partial charge in [-0.1, -0.05) is 6.07 Å². The lowest BCUT2D eigenvalue weighted by atomic mass is 10.1. The van der Waals surface area contributed by atoms with Crippen LogP contribution in [0.2, 0.25) is 0 Å². The van der Waals surface area contributed by atoms with E-state index in [-0.39, 0.29) is 6.61 Å². The van der Waals surface area contributed by atoms with Crippen molar-refractivity contribution in [3.05, 3.63) is 35.4 Å². The Bertz CT molecular complexity index is 315. The highest BCUT2D eigenvalue weighted by Crippen LogP contribution is 2.12. The Labute approximate surface area is 87.5 Å². The molecule has 1 rings (SSSR count). The van der Waals surface area contributed by atoms with Crippen LogP contribution in [0, 0.1) is 11.6 Å². The molecule has 0 heterocycles. The van der Waals surface area contributed by atoms with Gasteiger partial charge < -0.3 is 9.84 Å². The average molecular weight is 216 g/mol. The number of methoxy groups -OCH3 is 1. The van der Waals surface area contributed by atoms with E-state index >= 15 is 0 Å². The SMILES string of the molecule is COCC(O)CCc1ccc(F)cc1F. The molecule has 0 aliphatic carbocycles. The number of aliphatic hydroxyl groups excluding tert-OH is 1. The van der Waals surface area contributed by atoms with Crippen LogP contribution in [0.25, 0.3) is 0 Å². The van der Waals surface area contributed by atoms with E-state index in [0.29, 0.717) is 18.4 Å². The van der Waals surface area contributed by atoms with Crippen molar-refractivity contribution in [2.45, 2.75) is 18.9 Å². The van der Waals surface area contributed by atoms with Crippen molar-refractivity contribution in [1.82, 2.24) is 0 Å². The number of ether oxygens (including phenoxy) is 1. The summed E-state index contributed by atoms with van der Waals surface area (Å²) in [6, 6.07) is 3.45. The molecule has 0 fully saturated rings. The van der Waals surface area contributed by atoms with Gasteiger partial charge in [0.15, 0.2) is 0 Å². The van der Waals surface area contributed by atoms with Gasteiger partial charge in [0.1, 0.15) is 11.6 Å². The van der Waals surface area contributed by atoms with E-state index in [0.717, 1.165) is 6.07 Å². The highest BCUT2D eigenvalue weighted by Gasteiger charge is 2.07. The topological polar surface area (TPSA) is 29.5 Å². The van der Waals surface area contributed by atoms with Gasteiger partial charge in [0.05, 0.1) is 12.7 Å². The Morgan fingerprint density at radius 3 is 2.73 bits per heavy atom. The smallest absolute Gasteiger partial charge is 0.129 e. The van der Waals surface area contributed by atoms with Crippen molar-refractivity contribution in [1.29, 1.82) is 0 Å². The van der Waals surface area contributed by atoms with Gasteiger partial charge >= 0.3 is 0 Å². The Morgan fingerprint density at radius 2 is 2.13 bits per heavy atom. The summed E-state index contributed by atoms with van der Waals surface area (Å²) in [5.74, 6) is -1.16. The third kappa shape index (κ3) is 3.93. The normalized spacial score (nSPS) is 12.8. The third-order valence-electron chi connectivity index (χ3n) is 2.12. The molecule has 1 N–H and O–H groups in total. The van der Waals surface area contributed by atoms with Gasteiger partial charge in [0, 0.05) is 13.2 Å². The van der Waals surface area contributed by atoms with E-state index in [1.54, 1.807) is 0 Å². The Balaban J connectivity index is 2.50. The van der Waals surface area contributed by atoms with Crippen LogP contribution in [0.15, 0.2) is 18.2 Å². The number of rotatable bonds is 5. The lowest BCUT2D eigenvalue weighted by molar-refractivity contribution is 0.0594. The van der Waals surface area contributed by atoms with Crippen molar-refractivity contribution in [3.8, 4) is 0 Å². The minimum atomic E-state index is -0.612. The lowest BCUT2D eigenvalue weighted by Gasteiger charge is -2.09. The molecule has 84 valence electrons. The molecule has 4 heteroatoms. The van der Waals surface area contributed by atoms with E-state index < -0.39 is 17.7 Å². The predicted molar refractivity (Wildman–Crippen MR) is 52.6 cm³/mol. The summed E-state index contributed by atoms with van der Waals surface area (Å²) in [6.07, 6.45) is 0.159. The molecular weight excluding hydrogens is 202 g/mol. The van der Waals surface area contributed by atoms with Gasteiger partial charge in [-0.2, -0.15) is 0 Å². The molecule has 0 aromatic heterocycles. The van der Waals surface area contributed by atoms with Crippen LogP contribution >= 0.6 is 0 Å². The summed E-state index contributed by atoms with van der Waals surface area (Å²) in [4.78, 5) is 0. The monoisotopic (exact) mass is 216 g/mol. The molecule has 0 radical (unpaired) electrons. The first kappa shape index (κ1) is 12.1. The van der Waals surface area contributed by atoms with Gasteiger partial charge in [0.2, 0.25) is 0 Å². The van der Waals surface area contributed by atoms with Crippen LogP contribution in [-0.4, -0.2) is 24.9 Å². The fourth-order valence-electron chi connectivity index (χ4n) is 1.32. The fourth-order valence-corrected chi connectivity index (χ4v) is 1.32. The van der Waals surface area contributed by atoms with Crippen LogP contribution in [0.4, 0.5) is 8.78 Å². The van der Waals surface area contributed by atoms with E-state index in [1.165, 1.54) is 19.2 Å². The lowest BCUT2D eigenvalue weighted by Crippen LogP contribution is -2.15. The maximum absolute atomic E-state index is 13.1. The zero-order valence-electron chi connectivity index (χ0n) is 8.54. The summed E-state index contributed by atoms with van der Waals surface area (Å²) in [6.45, 7) is 0.225. The molecule has 0 saturated heterocycles. The van der Waals surface area contributed by atoms with Crippen LogP contribution < -0.4 is 0 Å². The van der Waals surface area contributed by atoms with Crippen LogP contribution in [-0.2, 0) is 11.2 Å². The first-order chi connectivity index (χ1) is 7.13. The van der Waals surface area contributed by atoms with Crippen LogP contribution in [0.3, 0.4) is 0 Å². The minimum Gasteiger partial charge on any atom is -0.391 e. The van der Waals surface area contributed by atoms with Gasteiger partial charge in [-0.15, -0.1) is 0 Å². The maximum atomic E-state index is 13.1. The largest absolute Gasteiger partial charge is 0.391 e. The second-order valence-electron chi connectivity index (χ2n) is 3.38. The molecular formula is C11H14F2O2. The molecule has 1 atom stereocenters. The third-order valence-corrected chi connectivity index (χ3v) is 2.12. The highest BCUT2D eigenvalue weighted by molar-refractivity contribution is 5.18. The van der Waals surface area contributed by atoms with E-state index in [1.807, 2.05) is 0 Å². The van der Waals surface area contributed by atoms with Gasteiger partial charge in [-0.25, -0.2) is 8.78 Å². The molecule has 1 aromatic carbocycles. The van der Waals surface area contributed by atoms with E-state index in [9.17, 15) is 13.9 Å². The van der Waals surface area contributed by atoms with Crippen molar-refractivity contribution in [2.75, 3.05) is 13.7 Å². The van der Waals surface area contributed by atoms with Gasteiger partial charge in [0.25, 0.3) is 0 Å². The zero-order valence-corrected chi connectivity index (χ0v) is 8.54. The minimum absolute atomic E-state index is 0.225. The standard InChI is InChI=1S/C11H14F2O2/c1-15-7-10(14)5-3-8-2-4-9(12)6-11(8)13/h2,4,6,10,14H,3,5,7H2,1H3. The quantitative estimate of drug-likeness (QED) is 0.814. The summed E-state index contributed by atoms with van der Waals surface area (Å²) in [5, 5.41) is 9.33. The summed E-state index contributed by atoms with van der Waals surface area (Å²) < 4.78 is 30.4. The first-order valence-electron chi connectivity index (χ1n) is 4.74. The van der Waals surface area contributed by atoms with Crippen LogP contribution in [0.1, 0.15) is 12.0 Å². The number of hydrogen-bond acceptors (Lipinski definition) is 2.